The lowest BCUT2D eigenvalue weighted by Gasteiger charge is -2.29. The highest BCUT2D eigenvalue weighted by Gasteiger charge is 2.25. The Kier molecular flexibility index (Phi) is 6.51. The van der Waals surface area contributed by atoms with Gasteiger partial charge >= 0.3 is 0 Å². The Bertz CT molecular complexity index is 3210. The molecule has 0 N–H and O–H groups in total. The van der Waals surface area contributed by atoms with E-state index in [1.807, 2.05) is 18.2 Å². The molecule has 0 radical (unpaired) electrons. The molecule has 0 atom stereocenters. The van der Waals surface area contributed by atoms with Crippen LogP contribution < -0.4 is 9.80 Å². The van der Waals surface area contributed by atoms with E-state index in [0.29, 0.717) is 5.58 Å². The first-order chi connectivity index (χ1) is 27.8. The predicted octanol–water partition coefficient (Wildman–Crippen LogP) is 14.9. The average molecular weight is 715 g/mol. The van der Waals surface area contributed by atoms with Crippen molar-refractivity contribution in [2.24, 2.45) is 0 Å². The van der Waals surface area contributed by atoms with Crippen LogP contribution in [0.1, 0.15) is 0 Å². The largest absolute Gasteiger partial charge is 0.454 e. The van der Waals surface area contributed by atoms with Crippen molar-refractivity contribution in [3.63, 3.8) is 0 Å². The third-order valence-electron chi connectivity index (χ3n) is 11.2. The summed E-state index contributed by atoms with van der Waals surface area (Å²) in [5, 5.41) is 11.4. The van der Waals surface area contributed by atoms with Crippen LogP contribution >= 0.6 is 0 Å². The summed E-state index contributed by atoms with van der Waals surface area (Å²) < 4.78 is 13.2. The van der Waals surface area contributed by atoms with Gasteiger partial charge in [0.25, 0.3) is 0 Å². The van der Waals surface area contributed by atoms with Crippen molar-refractivity contribution in [2.45, 2.75) is 0 Å². The molecule has 0 amide bonds. The number of hydrogen-bond acceptors (Lipinski definition) is 4. The van der Waals surface area contributed by atoms with Crippen LogP contribution in [0.5, 0.6) is 0 Å². The minimum atomic E-state index is 0.701. The topological polar surface area (TPSA) is 32.8 Å². The second-order valence-electron chi connectivity index (χ2n) is 14.3. The molecule has 0 saturated heterocycles. The summed E-state index contributed by atoms with van der Waals surface area (Å²) in [5.41, 5.74) is 9.45. The zero-order valence-electron chi connectivity index (χ0n) is 30.0. The van der Waals surface area contributed by atoms with Gasteiger partial charge in [0.2, 0.25) is 0 Å². The van der Waals surface area contributed by atoms with E-state index in [0.717, 1.165) is 83.2 Å². The van der Waals surface area contributed by atoms with Crippen LogP contribution in [0.2, 0.25) is 0 Å². The summed E-state index contributed by atoms with van der Waals surface area (Å²) >= 11 is 0. The fourth-order valence-corrected chi connectivity index (χ4v) is 8.83. The Hall–Kier alpha value is -7.74. The third-order valence-corrected chi connectivity index (χ3v) is 11.2. The predicted molar refractivity (Wildman–Crippen MR) is 232 cm³/mol. The number of furan rings is 2. The van der Waals surface area contributed by atoms with Gasteiger partial charge in [0.15, 0.2) is 16.7 Å². The number of fused-ring (bicyclic) bond motifs is 6. The van der Waals surface area contributed by atoms with Crippen molar-refractivity contribution in [2.75, 3.05) is 9.80 Å². The van der Waals surface area contributed by atoms with E-state index in [4.69, 9.17) is 8.83 Å². The molecule has 0 bridgehead atoms. The second kappa shape index (κ2) is 11.9. The second-order valence-corrected chi connectivity index (χ2v) is 14.3. The Morgan fingerprint density at radius 3 is 1.50 bits per heavy atom. The van der Waals surface area contributed by atoms with Gasteiger partial charge in [0.05, 0.1) is 22.7 Å². The first-order valence-electron chi connectivity index (χ1n) is 18.8. The molecule has 2 aromatic heterocycles. The lowest BCUT2D eigenvalue weighted by atomic mass is 9.91. The van der Waals surface area contributed by atoms with Crippen molar-refractivity contribution >= 4 is 110 Å². The van der Waals surface area contributed by atoms with E-state index in [-0.39, 0.29) is 0 Å². The molecule has 0 aliphatic rings. The minimum Gasteiger partial charge on any atom is -0.454 e. The summed E-state index contributed by atoms with van der Waals surface area (Å²) in [5.74, 6) is 0. The molecule has 4 nitrogen and oxygen atoms in total. The smallest absolute Gasteiger partial charge is 0.185 e. The van der Waals surface area contributed by atoms with E-state index in [9.17, 15) is 0 Å². The van der Waals surface area contributed by atoms with E-state index < -0.39 is 0 Å². The highest BCUT2D eigenvalue weighted by atomic mass is 16.3. The molecule has 0 saturated carbocycles. The van der Waals surface area contributed by atoms with Crippen LogP contribution in [0.25, 0.3) is 76.2 Å². The Morgan fingerprint density at radius 2 is 0.875 bits per heavy atom. The molecule has 0 aliphatic heterocycles. The number of benzene rings is 9. The van der Waals surface area contributed by atoms with Crippen molar-refractivity contribution in [3.8, 4) is 0 Å². The van der Waals surface area contributed by atoms with Gasteiger partial charge < -0.3 is 18.6 Å². The molecule has 4 heteroatoms. The summed E-state index contributed by atoms with van der Waals surface area (Å²) in [4.78, 5) is 4.68. The SMILES string of the molecule is c1ccc2c(c#1)oc1c(N(c3ccccc3)c3ccc4ccc5c(N(c6ccccc6)c6cccc7c6oc6ccccc67)ccc6ccc3c4c65)cccc12. The lowest BCUT2D eigenvalue weighted by Crippen LogP contribution is -2.11. The van der Waals surface area contributed by atoms with E-state index in [1.165, 1.54) is 21.5 Å². The first-order valence-corrected chi connectivity index (χ1v) is 18.8. The van der Waals surface area contributed by atoms with Crippen molar-refractivity contribution in [1.82, 2.24) is 0 Å². The van der Waals surface area contributed by atoms with Crippen LogP contribution in [-0.2, 0) is 0 Å². The van der Waals surface area contributed by atoms with Crippen molar-refractivity contribution in [1.29, 1.82) is 0 Å². The zero-order chi connectivity index (χ0) is 36.7. The third kappa shape index (κ3) is 4.43. The first kappa shape index (κ1) is 30.7. The maximum atomic E-state index is 6.65. The summed E-state index contributed by atoms with van der Waals surface area (Å²) in [6, 6.07) is 70.6. The maximum absolute atomic E-state index is 6.65. The zero-order valence-corrected chi connectivity index (χ0v) is 30.0. The molecule has 0 unspecified atom stereocenters. The molecule has 260 valence electrons. The highest BCUT2D eigenvalue weighted by Crippen LogP contribution is 2.50. The molecule has 0 fully saturated rings. The minimum absolute atomic E-state index is 0.701. The van der Waals surface area contributed by atoms with Gasteiger partial charge in [-0.1, -0.05) is 121 Å². The molecule has 10 aromatic carbocycles. The van der Waals surface area contributed by atoms with Crippen molar-refractivity contribution in [3.05, 3.63) is 194 Å². The van der Waals surface area contributed by atoms with Gasteiger partial charge in [0.1, 0.15) is 5.58 Å². The van der Waals surface area contributed by atoms with Gasteiger partial charge in [-0.15, -0.1) is 0 Å². The standard InChI is InChI=1S/C52H30N2O2/c1-3-13-35(14-4-1)53(45-21-11-19-39-37-17-7-9-23-47(37)55-51(39)45)43-31-27-33-26-30-42-44(32-28-34-25-29-41(43)49(33)50(34)42)54(36-15-5-2-6-16-36)46-22-12-20-40-38-18-8-10-24-48(38)56-52(40)46/h1-9,11-23,25-32H. The Morgan fingerprint density at radius 1 is 0.357 bits per heavy atom. The number of hydrogen-bond donors (Lipinski definition) is 0. The van der Waals surface area contributed by atoms with E-state index in [2.05, 4.69) is 186 Å². The fraction of sp³-hybridized carbons (Fsp3) is 0. The normalized spacial score (nSPS) is 11.8. The van der Waals surface area contributed by atoms with Crippen LogP contribution in [0.3, 0.4) is 0 Å². The van der Waals surface area contributed by atoms with Gasteiger partial charge in [-0.05, 0) is 94.3 Å². The molecular weight excluding hydrogens is 685 g/mol. The summed E-state index contributed by atoms with van der Waals surface area (Å²) in [6.07, 6.45) is 0. The summed E-state index contributed by atoms with van der Waals surface area (Å²) in [6.45, 7) is 0. The van der Waals surface area contributed by atoms with Crippen LogP contribution in [0.15, 0.2) is 191 Å². The maximum Gasteiger partial charge on any atom is 0.185 e. The van der Waals surface area contributed by atoms with Gasteiger partial charge in [-0.25, -0.2) is 0 Å². The highest BCUT2D eigenvalue weighted by molar-refractivity contribution is 6.28. The van der Waals surface area contributed by atoms with Crippen LogP contribution in [-0.4, -0.2) is 0 Å². The van der Waals surface area contributed by atoms with Crippen LogP contribution in [0.4, 0.5) is 34.1 Å². The lowest BCUT2D eigenvalue weighted by molar-refractivity contribution is 0.669. The number of anilines is 6. The van der Waals surface area contributed by atoms with E-state index >= 15 is 0 Å². The van der Waals surface area contributed by atoms with Gasteiger partial charge in [0, 0.05) is 43.7 Å². The molecule has 12 aromatic rings. The fourth-order valence-electron chi connectivity index (χ4n) is 8.83. The van der Waals surface area contributed by atoms with Crippen LogP contribution in [0, 0.1) is 12.1 Å². The Balaban J connectivity index is 1.13. The average Bonchev–Trinajstić information content (AvgIpc) is 3.84. The Labute approximate surface area is 322 Å². The monoisotopic (exact) mass is 714 g/mol. The molecule has 0 spiro atoms. The number of nitrogens with zero attached hydrogens (tertiary/aromatic N) is 2. The molecular formula is C52H30N2O2. The quantitative estimate of drug-likeness (QED) is 0.161. The summed E-state index contributed by atoms with van der Waals surface area (Å²) in [7, 11) is 0. The molecule has 56 heavy (non-hydrogen) atoms. The van der Waals surface area contributed by atoms with Gasteiger partial charge in [-0.2, -0.15) is 0 Å². The molecule has 2 heterocycles. The molecule has 12 rings (SSSR count). The number of para-hydroxylation sites is 5. The molecule has 0 aliphatic carbocycles. The van der Waals surface area contributed by atoms with Gasteiger partial charge in [-0.3, -0.25) is 0 Å². The van der Waals surface area contributed by atoms with E-state index in [1.54, 1.807) is 0 Å². The van der Waals surface area contributed by atoms with Crippen molar-refractivity contribution < 1.29 is 8.83 Å². The number of rotatable bonds is 6.